The number of nitrogens with zero attached hydrogens (tertiary/aromatic N) is 3. The molecule has 1 heterocycles. The molecule has 0 N–H and O–H groups in total. The van der Waals surface area contributed by atoms with Crippen LogP contribution in [-0.2, 0) is 0 Å². The molecule has 0 saturated carbocycles. The molecule has 1 fully saturated rings. The summed E-state index contributed by atoms with van der Waals surface area (Å²) in [6, 6.07) is 14.6. The summed E-state index contributed by atoms with van der Waals surface area (Å²) in [7, 11) is 0. The zero-order valence-electron chi connectivity index (χ0n) is 13.5. The zero-order valence-corrected chi connectivity index (χ0v) is 13.5. The van der Waals surface area contributed by atoms with Crippen molar-refractivity contribution in [1.82, 2.24) is 9.80 Å². The van der Waals surface area contributed by atoms with Crippen molar-refractivity contribution in [2.75, 3.05) is 26.2 Å². The minimum Gasteiger partial charge on any atom is -0.336 e. The SMILES string of the molecule is N#CC(c1ccccc1)N1CCN(C(=O)c2ccc(F)c(F)c2)CC1. The predicted octanol–water partition coefficient (Wildman–Crippen LogP) is 2.99. The summed E-state index contributed by atoms with van der Waals surface area (Å²) in [6.07, 6.45) is 0. The first-order valence-corrected chi connectivity index (χ1v) is 8.03. The Morgan fingerprint density at radius 3 is 2.28 bits per heavy atom. The Hall–Kier alpha value is -2.78. The second kappa shape index (κ2) is 7.41. The molecule has 0 aromatic heterocycles. The minimum absolute atomic E-state index is 0.132. The number of nitriles is 1. The number of carbonyl (C=O) groups excluding carboxylic acids is 1. The van der Waals surface area contributed by atoms with Crippen molar-refractivity contribution in [1.29, 1.82) is 5.26 Å². The van der Waals surface area contributed by atoms with Crippen molar-refractivity contribution < 1.29 is 13.6 Å². The highest BCUT2D eigenvalue weighted by Crippen LogP contribution is 2.22. The maximum absolute atomic E-state index is 13.3. The summed E-state index contributed by atoms with van der Waals surface area (Å²) in [6.45, 7) is 1.96. The predicted molar refractivity (Wildman–Crippen MR) is 88.6 cm³/mol. The van der Waals surface area contributed by atoms with Crippen molar-refractivity contribution in [2.45, 2.75) is 6.04 Å². The van der Waals surface area contributed by atoms with Crippen LogP contribution in [0.3, 0.4) is 0 Å². The molecule has 3 rings (SSSR count). The van der Waals surface area contributed by atoms with Gasteiger partial charge in [-0.25, -0.2) is 8.78 Å². The lowest BCUT2D eigenvalue weighted by atomic mass is 10.1. The first-order valence-electron chi connectivity index (χ1n) is 8.03. The fraction of sp³-hybridized carbons (Fsp3) is 0.263. The van der Waals surface area contributed by atoms with E-state index < -0.39 is 11.6 Å². The molecule has 0 spiro atoms. The van der Waals surface area contributed by atoms with Gasteiger partial charge in [-0.15, -0.1) is 0 Å². The Kier molecular flexibility index (Phi) is 5.05. The number of rotatable bonds is 3. The maximum atomic E-state index is 13.3. The van der Waals surface area contributed by atoms with Crippen molar-refractivity contribution in [3.8, 4) is 6.07 Å². The second-order valence-corrected chi connectivity index (χ2v) is 5.90. The van der Waals surface area contributed by atoms with E-state index >= 15 is 0 Å². The van der Waals surface area contributed by atoms with Gasteiger partial charge in [0.05, 0.1) is 6.07 Å². The van der Waals surface area contributed by atoms with Gasteiger partial charge in [0.15, 0.2) is 11.6 Å². The normalized spacial score (nSPS) is 16.3. The van der Waals surface area contributed by atoms with Gasteiger partial charge in [0.25, 0.3) is 5.91 Å². The van der Waals surface area contributed by atoms with Gasteiger partial charge in [0, 0.05) is 31.7 Å². The summed E-state index contributed by atoms with van der Waals surface area (Å²) in [5, 5.41) is 9.49. The van der Waals surface area contributed by atoms with E-state index in [2.05, 4.69) is 6.07 Å². The average Bonchev–Trinajstić information content (AvgIpc) is 2.65. The van der Waals surface area contributed by atoms with Gasteiger partial charge < -0.3 is 4.90 Å². The molecule has 1 atom stereocenters. The third-order valence-corrected chi connectivity index (χ3v) is 4.37. The van der Waals surface area contributed by atoms with Crippen LogP contribution in [0.1, 0.15) is 22.0 Å². The van der Waals surface area contributed by atoms with Crippen molar-refractivity contribution in [2.24, 2.45) is 0 Å². The van der Waals surface area contributed by atoms with Crippen LogP contribution >= 0.6 is 0 Å². The molecule has 0 aliphatic carbocycles. The number of hydrogen-bond acceptors (Lipinski definition) is 3. The van der Waals surface area contributed by atoms with Gasteiger partial charge in [0.2, 0.25) is 0 Å². The summed E-state index contributed by atoms with van der Waals surface area (Å²) in [5.74, 6) is -2.33. The molecule has 1 aliphatic rings. The summed E-state index contributed by atoms with van der Waals surface area (Å²) < 4.78 is 26.3. The number of piperazine rings is 1. The molecule has 1 unspecified atom stereocenters. The summed E-state index contributed by atoms with van der Waals surface area (Å²) >= 11 is 0. The molecule has 1 saturated heterocycles. The summed E-state index contributed by atoms with van der Waals surface area (Å²) in [5.41, 5.74) is 1.05. The Bertz CT molecular complexity index is 796. The van der Waals surface area contributed by atoms with Crippen molar-refractivity contribution in [3.63, 3.8) is 0 Å². The van der Waals surface area contributed by atoms with E-state index in [-0.39, 0.29) is 17.5 Å². The summed E-state index contributed by atoms with van der Waals surface area (Å²) in [4.78, 5) is 16.1. The second-order valence-electron chi connectivity index (χ2n) is 5.90. The van der Waals surface area contributed by atoms with Crippen LogP contribution in [0.4, 0.5) is 8.78 Å². The minimum atomic E-state index is -1.03. The Morgan fingerprint density at radius 1 is 1.00 bits per heavy atom. The molecule has 4 nitrogen and oxygen atoms in total. The van der Waals surface area contributed by atoms with E-state index in [4.69, 9.17) is 0 Å². The van der Waals surface area contributed by atoms with Crippen LogP contribution in [0.5, 0.6) is 0 Å². The van der Waals surface area contributed by atoms with Crippen LogP contribution in [0.15, 0.2) is 48.5 Å². The van der Waals surface area contributed by atoms with Crippen LogP contribution < -0.4 is 0 Å². The molecular weight excluding hydrogens is 324 g/mol. The average molecular weight is 341 g/mol. The molecule has 25 heavy (non-hydrogen) atoms. The quantitative estimate of drug-likeness (QED) is 0.862. The van der Waals surface area contributed by atoms with Crippen molar-refractivity contribution >= 4 is 5.91 Å². The molecule has 6 heteroatoms. The Labute approximate surface area is 144 Å². The monoisotopic (exact) mass is 341 g/mol. The molecule has 1 amide bonds. The van der Waals surface area contributed by atoms with Gasteiger partial charge in [0.1, 0.15) is 6.04 Å². The van der Waals surface area contributed by atoms with Crippen LogP contribution in [-0.4, -0.2) is 41.9 Å². The molecule has 0 radical (unpaired) electrons. The molecule has 2 aromatic carbocycles. The number of halogens is 2. The third kappa shape index (κ3) is 3.67. The van der Waals surface area contributed by atoms with Crippen molar-refractivity contribution in [3.05, 3.63) is 71.3 Å². The lowest BCUT2D eigenvalue weighted by molar-refractivity contribution is 0.0606. The highest BCUT2D eigenvalue weighted by molar-refractivity contribution is 5.94. The lowest BCUT2D eigenvalue weighted by Crippen LogP contribution is -2.49. The van der Waals surface area contributed by atoms with E-state index in [9.17, 15) is 18.8 Å². The molecule has 1 aliphatic heterocycles. The molecular formula is C19H17F2N3O. The van der Waals surface area contributed by atoms with Gasteiger partial charge in [-0.3, -0.25) is 9.69 Å². The van der Waals surface area contributed by atoms with Gasteiger partial charge in [-0.1, -0.05) is 30.3 Å². The van der Waals surface area contributed by atoms with E-state index in [1.807, 2.05) is 35.2 Å². The fourth-order valence-corrected chi connectivity index (χ4v) is 3.00. The van der Waals surface area contributed by atoms with Crippen LogP contribution in [0.2, 0.25) is 0 Å². The Balaban J connectivity index is 1.66. The molecule has 0 bridgehead atoms. The topological polar surface area (TPSA) is 47.3 Å². The highest BCUT2D eigenvalue weighted by Gasteiger charge is 2.27. The Morgan fingerprint density at radius 2 is 1.68 bits per heavy atom. The number of hydrogen-bond donors (Lipinski definition) is 0. The first kappa shape index (κ1) is 17.1. The smallest absolute Gasteiger partial charge is 0.254 e. The standard InChI is InChI=1S/C19H17F2N3O/c20-16-7-6-15(12-17(16)21)19(25)24-10-8-23(9-11-24)18(13-22)14-4-2-1-3-5-14/h1-7,12,18H,8-11H2. The van der Waals surface area contributed by atoms with Gasteiger partial charge in [-0.2, -0.15) is 5.26 Å². The van der Waals surface area contributed by atoms with Gasteiger partial charge >= 0.3 is 0 Å². The first-order chi connectivity index (χ1) is 12.1. The molecule has 2 aromatic rings. The van der Waals surface area contributed by atoms with Gasteiger partial charge in [-0.05, 0) is 23.8 Å². The van der Waals surface area contributed by atoms with Crippen LogP contribution in [0.25, 0.3) is 0 Å². The number of benzene rings is 2. The van der Waals surface area contributed by atoms with E-state index in [0.717, 1.165) is 17.7 Å². The molecule has 128 valence electrons. The highest BCUT2D eigenvalue weighted by atomic mass is 19.2. The van der Waals surface area contributed by atoms with E-state index in [0.29, 0.717) is 26.2 Å². The number of carbonyl (C=O) groups is 1. The largest absolute Gasteiger partial charge is 0.336 e. The fourth-order valence-electron chi connectivity index (χ4n) is 3.00. The third-order valence-electron chi connectivity index (χ3n) is 4.37. The lowest BCUT2D eigenvalue weighted by Gasteiger charge is -2.37. The van der Waals surface area contributed by atoms with E-state index in [1.165, 1.54) is 6.07 Å². The van der Waals surface area contributed by atoms with Crippen LogP contribution in [0, 0.1) is 23.0 Å². The van der Waals surface area contributed by atoms with E-state index in [1.54, 1.807) is 4.90 Å². The zero-order chi connectivity index (χ0) is 17.8. The number of amides is 1. The maximum Gasteiger partial charge on any atom is 0.254 e.